The molecule has 3 N–H and O–H groups in total. The van der Waals surface area contributed by atoms with Crippen molar-refractivity contribution in [1.29, 1.82) is 0 Å². The third-order valence-electron chi connectivity index (χ3n) is 3.08. The number of carbonyl (C=O) groups excluding carboxylic acids is 1. The van der Waals surface area contributed by atoms with Gasteiger partial charge in [-0.05, 0) is 19.8 Å². The van der Waals surface area contributed by atoms with Gasteiger partial charge in [0.1, 0.15) is 6.61 Å². The van der Waals surface area contributed by atoms with Gasteiger partial charge in [-0.15, -0.1) is 0 Å². The van der Waals surface area contributed by atoms with Gasteiger partial charge in [-0.1, -0.05) is 6.92 Å². The predicted molar refractivity (Wildman–Crippen MR) is 61.1 cm³/mol. The fourth-order valence-corrected chi connectivity index (χ4v) is 1.41. The van der Waals surface area contributed by atoms with Crippen molar-refractivity contribution in [1.82, 2.24) is 10.6 Å². The lowest BCUT2D eigenvalue weighted by atomic mass is 10.0. The summed E-state index contributed by atoms with van der Waals surface area (Å²) in [5.41, 5.74) is -0.191. The minimum Gasteiger partial charge on any atom is -0.396 e. The summed E-state index contributed by atoms with van der Waals surface area (Å²) in [7, 11) is 0. The first-order valence-electron chi connectivity index (χ1n) is 5.72. The molecule has 0 bridgehead atoms. The molecule has 0 spiro atoms. The van der Waals surface area contributed by atoms with E-state index < -0.39 is 0 Å². The highest BCUT2D eigenvalue weighted by Gasteiger charge is 2.33. The molecule has 0 radical (unpaired) electrons. The van der Waals surface area contributed by atoms with Crippen molar-refractivity contribution in [2.75, 3.05) is 26.3 Å². The first kappa shape index (κ1) is 13.4. The Kier molecular flexibility index (Phi) is 4.70. The number of ether oxygens (including phenoxy) is 1. The van der Waals surface area contributed by atoms with Crippen molar-refractivity contribution in [3.63, 3.8) is 0 Å². The average molecular weight is 230 g/mol. The SMILES string of the molecule is CC(CO)C(C)NC(=O)COC1(C)CNC1. The molecule has 0 saturated carbocycles. The molecule has 1 amide bonds. The molecule has 5 nitrogen and oxygen atoms in total. The van der Waals surface area contributed by atoms with E-state index in [-0.39, 0.29) is 36.7 Å². The van der Waals surface area contributed by atoms with E-state index in [0.29, 0.717) is 0 Å². The van der Waals surface area contributed by atoms with Gasteiger partial charge in [0.05, 0.1) is 5.60 Å². The molecule has 1 heterocycles. The van der Waals surface area contributed by atoms with Crippen LogP contribution in [0.25, 0.3) is 0 Å². The number of rotatable bonds is 6. The fourth-order valence-electron chi connectivity index (χ4n) is 1.41. The topological polar surface area (TPSA) is 70.6 Å². The van der Waals surface area contributed by atoms with Crippen molar-refractivity contribution in [3.8, 4) is 0 Å². The second kappa shape index (κ2) is 5.61. The van der Waals surface area contributed by atoms with Crippen LogP contribution in [0.4, 0.5) is 0 Å². The van der Waals surface area contributed by atoms with E-state index in [0.717, 1.165) is 13.1 Å². The highest BCUT2D eigenvalue weighted by Crippen LogP contribution is 2.14. The molecule has 5 heteroatoms. The largest absolute Gasteiger partial charge is 0.396 e. The summed E-state index contributed by atoms with van der Waals surface area (Å²) in [5, 5.41) is 14.8. The van der Waals surface area contributed by atoms with Gasteiger partial charge < -0.3 is 20.5 Å². The molecule has 1 fully saturated rings. The molecule has 0 aliphatic carbocycles. The monoisotopic (exact) mass is 230 g/mol. The van der Waals surface area contributed by atoms with Crippen LogP contribution in [0.15, 0.2) is 0 Å². The lowest BCUT2D eigenvalue weighted by molar-refractivity contribution is -0.136. The van der Waals surface area contributed by atoms with Crippen LogP contribution in [0.1, 0.15) is 20.8 Å². The van der Waals surface area contributed by atoms with Gasteiger partial charge in [0, 0.05) is 25.7 Å². The normalized spacial score (nSPS) is 22.0. The van der Waals surface area contributed by atoms with Crippen LogP contribution in [0.3, 0.4) is 0 Å². The summed E-state index contributed by atoms with van der Waals surface area (Å²) in [6.07, 6.45) is 0. The number of amides is 1. The van der Waals surface area contributed by atoms with E-state index in [1.807, 2.05) is 20.8 Å². The number of hydrogen-bond donors (Lipinski definition) is 3. The molecule has 2 unspecified atom stereocenters. The number of carbonyl (C=O) groups is 1. The summed E-state index contributed by atoms with van der Waals surface area (Å²) in [6, 6.07) is -0.0339. The van der Waals surface area contributed by atoms with Gasteiger partial charge in [0.2, 0.25) is 5.91 Å². The van der Waals surface area contributed by atoms with Crippen molar-refractivity contribution in [2.45, 2.75) is 32.4 Å². The van der Waals surface area contributed by atoms with Gasteiger partial charge in [-0.25, -0.2) is 0 Å². The molecule has 0 aromatic rings. The second-order valence-corrected chi connectivity index (χ2v) is 4.86. The zero-order valence-electron chi connectivity index (χ0n) is 10.2. The third kappa shape index (κ3) is 3.73. The van der Waals surface area contributed by atoms with E-state index in [4.69, 9.17) is 9.84 Å². The van der Waals surface area contributed by atoms with E-state index in [1.54, 1.807) is 0 Å². The number of nitrogens with one attached hydrogen (secondary N) is 2. The Morgan fingerprint density at radius 1 is 1.56 bits per heavy atom. The van der Waals surface area contributed by atoms with E-state index in [9.17, 15) is 4.79 Å². The molecule has 2 atom stereocenters. The van der Waals surface area contributed by atoms with E-state index in [2.05, 4.69) is 10.6 Å². The minimum atomic E-state index is -0.191. The lowest BCUT2D eigenvalue weighted by Crippen LogP contribution is -2.59. The standard InChI is InChI=1S/C11H22N2O3/c1-8(4-14)9(2)13-10(15)5-16-11(3)6-12-7-11/h8-9,12,14H,4-7H2,1-3H3,(H,13,15). The Morgan fingerprint density at radius 2 is 2.19 bits per heavy atom. The summed E-state index contributed by atoms with van der Waals surface area (Å²) in [6.45, 7) is 7.50. The molecular weight excluding hydrogens is 208 g/mol. The van der Waals surface area contributed by atoms with Crippen molar-refractivity contribution < 1.29 is 14.6 Å². The Hall–Kier alpha value is -0.650. The first-order chi connectivity index (χ1) is 7.47. The summed E-state index contributed by atoms with van der Waals surface area (Å²) >= 11 is 0. The molecule has 1 saturated heterocycles. The maximum atomic E-state index is 11.5. The molecule has 16 heavy (non-hydrogen) atoms. The fraction of sp³-hybridized carbons (Fsp3) is 0.909. The van der Waals surface area contributed by atoms with Crippen molar-refractivity contribution in [2.24, 2.45) is 5.92 Å². The second-order valence-electron chi connectivity index (χ2n) is 4.86. The van der Waals surface area contributed by atoms with Gasteiger partial charge in [-0.2, -0.15) is 0 Å². The smallest absolute Gasteiger partial charge is 0.246 e. The molecule has 1 aliphatic rings. The molecule has 1 aliphatic heterocycles. The summed E-state index contributed by atoms with van der Waals surface area (Å²) in [5.74, 6) is -0.0640. The predicted octanol–water partition coefficient (Wildman–Crippen LogP) is -0.502. The van der Waals surface area contributed by atoms with Crippen molar-refractivity contribution >= 4 is 5.91 Å². The highest BCUT2D eigenvalue weighted by molar-refractivity contribution is 5.77. The zero-order chi connectivity index (χ0) is 12.2. The van der Waals surface area contributed by atoms with Crippen molar-refractivity contribution in [3.05, 3.63) is 0 Å². The summed E-state index contributed by atoms with van der Waals surface area (Å²) < 4.78 is 5.50. The quantitative estimate of drug-likeness (QED) is 0.575. The van der Waals surface area contributed by atoms with Crippen LogP contribution in [-0.4, -0.2) is 49.0 Å². The van der Waals surface area contributed by atoms with Crippen LogP contribution < -0.4 is 10.6 Å². The maximum Gasteiger partial charge on any atom is 0.246 e. The molecule has 0 aromatic carbocycles. The minimum absolute atomic E-state index is 0.0339. The number of aliphatic hydroxyl groups is 1. The zero-order valence-corrected chi connectivity index (χ0v) is 10.2. The highest BCUT2D eigenvalue weighted by atomic mass is 16.5. The molecule has 1 rings (SSSR count). The lowest BCUT2D eigenvalue weighted by Gasteiger charge is -2.38. The molecule has 94 valence electrons. The Balaban J connectivity index is 2.20. The van der Waals surface area contributed by atoms with E-state index >= 15 is 0 Å². The van der Waals surface area contributed by atoms with E-state index in [1.165, 1.54) is 0 Å². The van der Waals surface area contributed by atoms with Gasteiger partial charge in [0.25, 0.3) is 0 Å². The van der Waals surface area contributed by atoms with Crippen LogP contribution in [0.5, 0.6) is 0 Å². The third-order valence-corrected chi connectivity index (χ3v) is 3.08. The van der Waals surface area contributed by atoms with Crippen LogP contribution >= 0.6 is 0 Å². The Morgan fingerprint density at radius 3 is 2.62 bits per heavy atom. The van der Waals surface area contributed by atoms with Gasteiger partial charge >= 0.3 is 0 Å². The van der Waals surface area contributed by atoms with Crippen LogP contribution in [0.2, 0.25) is 0 Å². The average Bonchev–Trinajstić information content (AvgIpc) is 2.22. The van der Waals surface area contributed by atoms with Gasteiger partial charge in [-0.3, -0.25) is 4.79 Å². The number of hydrogen-bond acceptors (Lipinski definition) is 4. The van der Waals surface area contributed by atoms with Crippen LogP contribution in [-0.2, 0) is 9.53 Å². The maximum absolute atomic E-state index is 11.5. The Labute approximate surface area is 96.6 Å². The number of aliphatic hydroxyl groups excluding tert-OH is 1. The Bertz CT molecular complexity index is 241. The van der Waals surface area contributed by atoms with Crippen LogP contribution in [0, 0.1) is 5.92 Å². The molecular formula is C11H22N2O3. The summed E-state index contributed by atoms with van der Waals surface area (Å²) in [4.78, 5) is 11.5. The molecule has 0 aromatic heterocycles. The first-order valence-corrected chi connectivity index (χ1v) is 5.72. The van der Waals surface area contributed by atoms with Gasteiger partial charge in [0.15, 0.2) is 0 Å².